The Balaban J connectivity index is 2.80. The normalized spacial score (nSPS) is 26.8. The van der Waals surface area contributed by atoms with Crippen LogP contribution in [0.1, 0.15) is 47.0 Å². The fourth-order valence-electron chi connectivity index (χ4n) is 2.70. The smallest absolute Gasteiger partial charge is 0.164 e. The van der Waals surface area contributed by atoms with E-state index in [-0.39, 0.29) is 11.1 Å². The zero-order valence-corrected chi connectivity index (χ0v) is 9.75. The second-order valence-electron chi connectivity index (χ2n) is 5.57. The maximum Gasteiger partial charge on any atom is 0.164 e. The van der Waals surface area contributed by atoms with Crippen molar-refractivity contribution in [1.29, 1.82) is 0 Å². The first-order chi connectivity index (χ1) is 6.26. The summed E-state index contributed by atoms with van der Waals surface area (Å²) >= 11 is 0. The van der Waals surface area contributed by atoms with Crippen LogP contribution in [0.5, 0.6) is 0 Å². The summed E-state index contributed by atoms with van der Waals surface area (Å²) in [5.74, 6) is 0. The first-order valence-electron chi connectivity index (χ1n) is 5.40. The lowest BCUT2D eigenvalue weighted by Crippen LogP contribution is -2.60. The molecule has 0 radical (unpaired) electrons. The van der Waals surface area contributed by atoms with Crippen LogP contribution < -0.4 is 0 Å². The molecule has 0 aliphatic carbocycles. The third-order valence-electron chi connectivity index (χ3n) is 3.38. The summed E-state index contributed by atoms with van der Waals surface area (Å²) in [6, 6.07) is 0. The predicted octanol–water partition coefficient (Wildman–Crippen LogP) is 1.34. The minimum Gasteiger partial charge on any atom is -0.367 e. The zero-order chi connectivity index (χ0) is 11.0. The van der Waals surface area contributed by atoms with Gasteiger partial charge < -0.3 is 10.2 Å². The zero-order valence-electron chi connectivity index (χ0n) is 9.75. The monoisotopic (exact) mass is 201 g/mol. The molecule has 0 aromatic carbocycles. The quantitative estimate of drug-likeness (QED) is 0.663. The van der Waals surface area contributed by atoms with Crippen molar-refractivity contribution >= 4 is 0 Å². The molecule has 1 aliphatic rings. The number of aliphatic hydroxyl groups excluding tert-OH is 1. The molecule has 0 amide bonds. The Kier molecular flexibility index (Phi) is 3.24. The second-order valence-corrected chi connectivity index (χ2v) is 5.57. The summed E-state index contributed by atoms with van der Waals surface area (Å²) in [4.78, 5) is 2.22. The number of piperidine rings is 1. The fraction of sp³-hybridized carbons (Fsp3) is 1.00. The lowest BCUT2D eigenvalue weighted by Gasteiger charge is -2.53. The van der Waals surface area contributed by atoms with Crippen LogP contribution in [0.4, 0.5) is 0 Å². The standard InChI is InChI=1S/C11H23NO2/c1-10(2)6-5-7-11(3,4)12(10)8-9(13)14/h9,13-14H,5-8H2,1-4H3. The van der Waals surface area contributed by atoms with E-state index in [9.17, 15) is 0 Å². The fourth-order valence-corrected chi connectivity index (χ4v) is 2.70. The minimum absolute atomic E-state index is 0.0749. The van der Waals surface area contributed by atoms with Crippen LogP contribution in [0.15, 0.2) is 0 Å². The first kappa shape index (κ1) is 12.0. The van der Waals surface area contributed by atoms with Crippen molar-refractivity contribution in [3.05, 3.63) is 0 Å². The highest BCUT2D eigenvalue weighted by atomic mass is 16.5. The van der Waals surface area contributed by atoms with Gasteiger partial charge in [0.25, 0.3) is 0 Å². The van der Waals surface area contributed by atoms with Gasteiger partial charge in [0.2, 0.25) is 0 Å². The highest BCUT2D eigenvalue weighted by Crippen LogP contribution is 2.37. The summed E-state index contributed by atoms with van der Waals surface area (Å²) in [5, 5.41) is 18.2. The molecule has 84 valence electrons. The van der Waals surface area contributed by atoms with Crippen LogP contribution >= 0.6 is 0 Å². The van der Waals surface area contributed by atoms with Crippen molar-refractivity contribution in [2.45, 2.75) is 64.3 Å². The molecule has 0 aromatic heterocycles. The number of likely N-dealkylation sites (tertiary alicyclic amines) is 1. The van der Waals surface area contributed by atoms with Gasteiger partial charge >= 0.3 is 0 Å². The van der Waals surface area contributed by atoms with Gasteiger partial charge in [0.05, 0.1) is 6.54 Å². The Morgan fingerprint density at radius 1 is 1.07 bits per heavy atom. The summed E-state index contributed by atoms with van der Waals surface area (Å²) in [6.07, 6.45) is 2.25. The Morgan fingerprint density at radius 2 is 1.50 bits per heavy atom. The third-order valence-corrected chi connectivity index (χ3v) is 3.38. The Hall–Kier alpha value is -0.120. The van der Waals surface area contributed by atoms with Crippen molar-refractivity contribution in [2.75, 3.05) is 6.54 Å². The van der Waals surface area contributed by atoms with E-state index in [2.05, 4.69) is 32.6 Å². The molecule has 3 nitrogen and oxygen atoms in total. The highest BCUT2D eigenvalue weighted by molar-refractivity contribution is 4.96. The van der Waals surface area contributed by atoms with Crippen molar-refractivity contribution in [3.63, 3.8) is 0 Å². The van der Waals surface area contributed by atoms with E-state index in [1.54, 1.807) is 0 Å². The van der Waals surface area contributed by atoms with Crippen LogP contribution in [0, 0.1) is 0 Å². The summed E-state index contributed by atoms with van der Waals surface area (Å²) < 4.78 is 0. The van der Waals surface area contributed by atoms with E-state index >= 15 is 0 Å². The molecule has 0 spiro atoms. The number of hydrogen-bond donors (Lipinski definition) is 2. The van der Waals surface area contributed by atoms with E-state index in [1.165, 1.54) is 6.42 Å². The molecule has 1 saturated heterocycles. The molecule has 0 saturated carbocycles. The average molecular weight is 201 g/mol. The predicted molar refractivity (Wildman–Crippen MR) is 56.9 cm³/mol. The van der Waals surface area contributed by atoms with Gasteiger partial charge in [-0.1, -0.05) is 0 Å². The van der Waals surface area contributed by atoms with Crippen molar-refractivity contribution in [1.82, 2.24) is 4.90 Å². The van der Waals surface area contributed by atoms with Gasteiger partial charge in [-0.2, -0.15) is 0 Å². The molecule has 0 atom stereocenters. The van der Waals surface area contributed by atoms with Gasteiger partial charge in [0.1, 0.15) is 0 Å². The largest absolute Gasteiger partial charge is 0.367 e. The van der Waals surface area contributed by atoms with Gasteiger partial charge in [0.15, 0.2) is 6.29 Å². The topological polar surface area (TPSA) is 43.7 Å². The minimum atomic E-state index is -1.23. The molecule has 0 bridgehead atoms. The SMILES string of the molecule is CC1(C)CCCC(C)(C)N1CC(O)O. The molecular weight excluding hydrogens is 178 g/mol. The number of rotatable bonds is 2. The van der Waals surface area contributed by atoms with E-state index in [0.29, 0.717) is 6.54 Å². The molecule has 3 heteroatoms. The molecule has 1 fully saturated rings. The van der Waals surface area contributed by atoms with Gasteiger partial charge in [-0.15, -0.1) is 0 Å². The van der Waals surface area contributed by atoms with Gasteiger partial charge in [-0.3, -0.25) is 4.90 Å². The lowest BCUT2D eigenvalue weighted by molar-refractivity contribution is -0.118. The van der Waals surface area contributed by atoms with Crippen molar-refractivity contribution in [3.8, 4) is 0 Å². The summed E-state index contributed by atoms with van der Waals surface area (Å²) in [6.45, 7) is 9.05. The van der Waals surface area contributed by atoms with E-state index in [1.807, 2.05) is 0 Å². The van der Waals surface area contributed by atoms with Crippen LogP contribution in [-0.2, 0) is 0 Å². The van der Waals surface area contributed by atoms with Gasteiger partial charge in [-0.25, -0.2) is 0 Å². The molecule has 0 unspecified atom stereocenters. The maximum atomic E-state index is 9.08. The Morgan fingerprint density at radius 3 is 1.86 bits per heavy atom. The number of β-amino-alcohol motifs (C(OH)–C–C–N with tert-alkyl or cyclic N) is 2. The molecule has 2 N–H and O–H groups in total. The molecule has 1 rings (SSSR count). The molecule has 1 heterocycles. The van der Waals surface area contributed by atoms with Crippen molar-refractivity contribution < 1.29 is 10.2 Å². The second kappa shape index (κ2) is 3.80. The van der Waals surface area contributed by atoms with E-state index in [0.717, 1.165) is 12.8 Å². The molecule has 0 aromatic rings. The highest BCUT2D eigenvalue weighted by Gasteiger charge is 2.41. The van der Waals surface area contributed by atoms with E-state index in [4.69, 9.17) is 10.2 Å². The molecule has 14 heavy (non-hydrogen) atoms. The maximum absolute atomic E-state index is 9.08. The first-order valence-corrected chi connectivity index (χ1v) is 5.40. The summed E-state index contributed by atoms with van der Waals surface area (Å²) in [5.41, 5.74) is 0.150. The molecule has 1 aliphatic heterocycles. The van der Waals surface area contributed by atoms with E-state index < -0.39 is 6.29 Å². The average Bonchev–Trinajstić information content (AvgIpc) is 1.96. The number of nitrogens with zero attached hydrogens (tertiary/aromatic N) is 1. The van der Waals surface area contributed by atoms with Gasteiger partial charge in [0, 0.05) is 11.1 Å². The lowest BCUT2D eigenvalue weighted by atomic mass is 9.80. The van der Waals surface area contributed by atoms with Crippen LogP contribution in [-0.4, -0.2) is 39.0 Å². The van der Waals surface area contributed by atoms with Crippen LogP contribution in [0.3, 0.4) is 0 Å². The number of hydrogen-bond acceptors (Lipinski definition) is 3. The molecular formula is C11H23NO2. The van der Waals surface area contributed by atoms with Crippen molar-refractivity contribution in [2.24, 2.45) is 0 Å². The number of aliphatic hydroxyl groups is 2. The Labute approximate surface area is 86.7 Å². The van der Waals surface area contributed by atoms with Gasteiger partial charge in [-0.05, 0) is 47.0 Å². The van der Waals surface area contributed by atoms with Crippen LogP contribution in [0.2, 0.25) is 0 Å². The Bertz CT molecular complexity index is 183. The van der Waals surface area contributed by atoms with Crippen LogP contribution in [0.25, 0.3) is 0 Å². The third kappa shape index (κ3) is 2.47. The summed E-state index contributed by atoms with van der Waals surface area (Å²) in [7, 11) is 0.